The van der Waals surface area contributed by atoms with Gasteiger partial charge >= 0.3 is 6.16 Å². The Morgan fingerprint density at radius 1 is 1.25 bits per heavy atom. The molecule has 0 fully saturated rings. The van der Waals surface area contributed by atoms with E-state index >= 15 is 0 Å². The van der Waals surface area contributed by atoms with Crippen LogP contribution in [0.15, 0.2) is 18.2 Å². The number of ether oxygens (including phenoxy) is 2. The van der Waals surface area contributed by atoms with Gasteiger partial charge in [-0.1, -0.05) is 23.2 Å². The molecule has 0 saturated carbocycles. The molecule has 16 heavy (non-hydrogen) atoms. The van der Waals surface area contributed by atoms with E-state index in [1.165, 1.54) is 6.07 Å². The Kier molecular flexibility index (Phi) is 4.05. The van der Waals surface area contributed by atoms with E-state index in [0.29, 0.717) is 10.0 Å². The first-order valence-corrected chi connectivity index (χ1v) is 5.39. The van der Waals surface area contributed by atoms with Crippen LogP contribution in [0.1, 0.15) is 20.8 Å². The third-order valence-corrected chi connectivity index (χ3v) is 2.02. The van der Waals surface area contributed by atoms with Gasteiger partial charge in [0.2, 0.25) is 0 Å². The molecule has 0 aliphatic rings. The molecule has 0 heterocycles. The molecule has 0 bridgehead atoms. The highest BCUT2D eigenvalue weighted by atomic mass is 35.5. The minimum Gasteiger partial charge on any atom is -0.428 e. The van der Waals surface area contributed by atoms with Crippen LogP contribution in [0.25, 0.3) is 0 Å². The summed E-state index contributed by atoms with van der Waals surface area (Å²) in [5.74, 6) is 0.184. The van der Waals surface area contributed by atoms with Gasteiger partial charge in [-0.25, -0.2) is 4.79 Å². The lowest BCUT2D eigenvalue weighted by Crippen LogP contribution is -2.26. The zero-order valence-electron chi connectivity index (χ0n) is 9.21. The SMILES string of the molecule is CC(C)(C)OC(=O)Oc1cc(Cl)ccc1Cl. The smallest absolute Gasteiger partial charge is 0.428 e. The van der Waals surface area contributed by atoms with Crippen molar-refractivity contribution in [2.45, 2.75) is 26.4 Å². The molecule has 0 aliphatic heterocycles. The highest BCUT2D eigenvalue weighted by Gasteiger charge is 2.19. The van der Waals surface area contributed by atoms with Crippen molar-refractivity contribution in [1.82, 2.24) is 0 Å². The minimum absolute atomic E-state index is 0.184. The summed E-state index contributed by atoms with van der Waals surface area (Å²) in [6, 6.07) is 4.60. The Labute approximate surface area is 104 Å². The lowest BCUT2D eigenvalue weighted by atomic mass is 10.2. The van der Waals surface area contributed by atoms with Crippen LogP contribution in [-0.4, -0.2) is 11.8 Å². The molecule has 1 rings (SSSR count). The van der Waals surface area contributed by atoms with E-state index in [0.717, 1.165) is 0 Å². The number of hydrogen-bond acceptors (Lipinski definition) is 3. The summed E-state index contributed by atoms with van der Waals surface area (Å²) in [4.78, 5) is 11.3. The van der Waals surface area contributed by atoms with Gasteiger partial charge < -0.3 is 9.47 Å². The van der Waals surface area contributed by atoms with E-state index in [9.17, 15) is 4.79 Å². The number of halogens is 2. The van der Waals surface area contributed by atoms with Crippen molar-refractivity contribution in [3.05, 3.63) is 28.2 Å². The lowest BCUT2D eigenvalue weighted by Gasteiger charge is -2.18. The first-order chi connectivity index (χ1) is 7.28. The average molecular weight is 263 g/mol. The van der Waals surface area contributed by atoms with Gasteiger partial charge in [0.15, 0.2) is 5.75 Å². The second-order valence-electron chi connectivity index (χ2n) is 4.14. The summed E-state index contributed by atoms with van der Waals surface area (Å²) in [5.41, 5.74) is -0.609. The highest BCUT2D eigenvalue weighted by molar-refractivity contribution is 6.34. The van der Waals surface area contributed by atoms with Gasteiger partial charge in [0.1, 0.15) is 5.60 Å². The van der Waals surface area contributed by atoms with E-state index in [2.05, 4.69) is 0 Å². The monoisotopic (exact) mass is 262 g/mol. The van der Waals surface area contributed by atoms with Crippen molar-refractivity contribution >= 4 is 29.4 Å². The van der Waals surface area contributed by atoms with Gasteiger partial charge in [-0.3, -0.25) is 0 Å². The molecule has 0 aliphatic carbocycles. The lowest BCUT2D eigenvalue weighted by molar-refractivity contribution is 0.0206. The van der Waals surface area contributed by atoms with Crippen LogP contribution >= 0.6 is 23.2 Å². The largest absolute Gasteiger partial charge is 0.514 e. The zero-order valence-corrected chi connectivity index (χ0v) is 10.7. The molecule has 0 unspecified atom stereocenters. The second-order valence-corrected chi connectivity index (χ2v) is 4.98. The Hall–Kier alpha value is -0.930. The van der Waals surface area contributed by atoms with Gasteiger partial charge in [0.25, 0.3) is 0 Å². The molecule has 0 radical (unpaired) electrons. The normalized spacial score (nSPS) is 11.1. The van der Waals surface area contributed by atoms with Crippen LogP contribution in [0.5, 0.6) is 5.75 Å². The van der Waals surface area contributed by atoms with E-state index in [1.807, 2.05) is 0 Å². The Morgan fingerprint density at radius 3 is 2.44 bits per heavy atom. The summed E-state index contributed by atoms with van der Waals surface area (Å²) in [7, 11) is 0. The van der Waals surface area contributed by atoms with Crippen LogP contribution in [0.2, 0.25) is 10.0 Å². The predicted octanol–water partition coefficient (Wildman–Crippen LogP) is 4.31. The minimum atomic E-state index is -0.809. The molecule has 0 amide bonds. The third-order valence-electron chi connectivity index (χ3n) is 1.48. The fraction of sp³-hybridized carbons (Fsp3) is 0.364. The molecule has 0 spiro atoms. The van der Waals surface area contributed by atoms with E-state index in [1.54, 1.807) is 32.9 Å². The van der Waals surface area contributed by atoms with Gasteiger partial charge in [-0.05, 0) is 32.9 Å². The molecule has 3 nitrogen and oxygen atoms in total. The third kappa shape index (κ3) is 4.29. The average Bonchev–Trinajstić information content (AvgIpc) is 2.08. The fourth-order valence-electron chi connectivity index (χ4n) is 0.916. The van der Waals surface area contributed by atoms with Crippen LogP contribution in [0.4, 0.5) is 4.79 Å². The van der Waals surface area contributed by atoms with Gasteiger partial charge in [-0.15, -0.1) is 0 Å². The summed E-state index contributed by atoms with van der Waals surface area (Å²) >= 11 is 11.6. The fourth-order valence-corrected chi connectivity index (χ4v) is 1.23. The van der Waals surface area contributed by atoms with Crippen molar-refractivity contribution < 1.29 is 14.3 Å². The molecule has 0 saturated heterocycles. The molecular weight excluding hydrogens is 251 g/mol. The maximum Gasteiger partial charge on any atom is 0.514 e. The Bertz CT molecular complexity index is 397. The van der Waals surface area contributed by atoms with E-state index < -0.39 is 11.8 Å². The highest BCUT2D eigenvalue weighted by Crippen LogP contribution is 2.28. The first-order valence-electron chi connectivity index (χ1n) is 4.64. The van der Waals surface area contributed by atoms with Gasteiger partial charge in [0.05, 0.1) is 5.02 Å². The van der Waals surface area contributed by atoms with Crippen molar-refractivity contribution in [3.63, 3.8) is 0 Å². The number of carbonyl (C=O) groups is 1. The van der Waals surface area contributed by atoms with Crippen molar-refractivity contribution in [3.8, 4) is 5.75 Å². The summed E-state index contributed by atoms with van der Waals surface area (Å²) in [5, 5.41) is 0.734. The zero-order chi connectivity index (χ0) is 12.3. The molecule has 1 aromatic rings. The van der Waals surface area contributed by atoms with Gasteiger partial charge in [-0.2, -0.15) is 0 Å². The van der Waals surface area contributed by atoms with E-state index in [-0.39, 0.29) is 5.75 Å². The van der Waals surface area contributed by atoms with Gasteiger partial charge in [0, 0.05) is 11.1 Å². The molecule has 1 aromatic carbocycles. The molecule has 5 heteroatoms. The van der Waals surface area contributed by atoms with Crippen molar-refractivity contribution in [1.29, 1.82) is 0 Å². The predicted molar refractivity (Wildman–Crippen MR) is 63.3 cm³/mol. The Morgan fingerprint density at radius 2 is 1.88 bits per heavy atom. The first kappa shape index (κ1) is 13.1. The van der Waals surface area contributed by atoms with Crippen molar-refractivity contribution in [2.24, 2.45) is 0 Å². The summed E-state index contributed by atoms with van der Waals surface area (Å²) < 4.78 is 9.90. The van der Waals surface area contributed by atoms with Crippen molar-refractivity contribution in [2.75, 3.05) is 0 Å². The maximum atomic E-state index is 11.3. The van der Waals surface area contributed by atoms with Crippen LogP contribution in [0.3, 0.4) is 0 Å². The number of carbonyl (C=O) groups excluding carboxylic acids is 1. The molecular formula is C11H12Cl2O3. The summed E-state index contributed by atoms with van der Waals surface area (Å²) in [6.07, 6.45) is -0.809. The summed E-state index contributed by atoms with van der Waals surface area (Å²) in [6.45, 7) is 5.23. The maximum absolute atomic E-state index is 11.3. The molecule has 0 atom stereocenters. The van der Waals surface area contributed by atoms with Crippen LogP contribution in [0, 0.1) is 0 Å². The molecule has 0 aromatic heterocycles. The number of rotatable bonds is 1. The molecule has 88 valence electrons. The quantitative estimate of drug-likeness (QED) is 0.559. The second kappa shape index (κ2) is 4.93. The molecule has 0 N–H and O–H groups in total. The van der Waals surface area contributed by atoms with E-state index in [4.69, 9.17) is 32.7 Å². The Balaban J connectivity index is 2.73. The van der Waals surface area contributed by atoms with Crippen LogP contribution < -0.4 is 4.74 Å². The number of benzene rings is 1. The topological polar surface area (TPSA) is 35.5 Å². The standard InChI is InChI=1S/C11H12Cl2O3/c1-11(2,3)16-10(14)15-9-6-7(12)4-5-8(9)13/h4-6H,1-3H3. The van der Waals surface area contributed by atoms with Crippen LogP contribution in [-0.2, 0) is 4.74 Å². The number of hydrogen-bond donors (Lipinski definition) is 0.